The number of carbonyl (C=O) groups is 2. The van der Waals surface area contributed by atoms with E-state index in [2.05, 4.69) is 0 Å². The molecule has 0 N–H and O–H groups in total. The van der Waals surface area contributed by atoms with Crippen LogP contribution in [0.3, 0.4) is 0 Å². The average Bonchev–Trinajstić information content (AvgIpc) is 2.75. The van der Waals surface area contributed by atoms with Crippen molar-refractivity contribution in [3.63, 3.8) is 0 Å². The van der Waals surface area contributed by atoms with E-state index in [4.69, 9.17) is 14.2 Å². The highest BCUT2D eigenvalue weighted by Gasteiger charge is 2.22. The summed E-state index contributed by atoms with van der Waals surface area (Å²) in [7, 11) is 3.24. The third kappa shape index (κ3) is 5.08. The Bertz CT molecular complexity index is 876. The molecule has 1 aliphatic rings. The Morgan fingerprint density at radius 2 is 1.66 bits per heavy atom. The van der Waals surface area contributed by atoms with Crippen LogP contribution in [0, 0.1) is 0 Å². The van der Waals surface area contributed by atoms with Crippen molar-refractivity contribution in [2.75, 3.05) is 27.4 Å². The lowest BCUT2D eigenvalue weighted by atomic mass is 9.98. The molecule has 0 saturated carbocycles. The van der Waals surface area contributed by atoms with Crippen molar-refractivity contribution < 1.29 is 23.8 Å². The van der Waals surface area contributed by atoms with Gasteiger partial charge in [-0.1, -0.05) is 0 Å². The highest BCUT2D eigenvalue weighted by Crippen LogP contribution is 2.33. The summed E-state index contributed by atoms with van der Waals surface area (Å²) in [4.78, 5) is 25.8. The van der Waals surface area contributed by atoms with E-state index in [9.17, 15) is 9.59 Å². The predicted octanol–water partition coefficient (Wildman–Crippen LogP) is 3.65. The summed E-state index contributed by atoms with van der Waals surface area (Å²) in [6, 6.07) is 11.0. The lowest BCUT2D eigenvalue weighted by Crippen LogP contribution is -2.36. The van der Waals surface area contributed by atoms with Crippen LogP contribution in [-0.2, 0) is 17.8 Å². The molecule has 0 bridgehead atoms. The second-order valence-corrected chi connectivity index (χ2v) is 7.07. The molecule has 6 heteroatoms. The molecule has 0 fully saturated rings. The number of hydrogen-bond acceptors (Lipinski definition) is 5. The van der Waals surface area contributed by atoms with Gasteiger partial charge in [0, 0.05) is 25.1 Å². The van der Waals surface area contributed by atoms with Crippen molar-refractivity contribution >= 4 is 11.7 Å². The molecule has 0 aromatic heterocycles. The summed E-state index contributed by atoms with van der Waals surface area (Å²) in [6.45, 7) is 3.28. The van der Waals surface area contributed by atoms with Gasteiger partial charge in [-0.05, 0) is 67.3 Å². The van der Waals surface area contributed by atoms with Gasteiger partial charge in [0.15, 0.2) is 17.3 Å². The van der Waals surface area contributed by atoms with Gasteiger partial charge in [-0.15, -0.1) is 0 Å². The van der Waals surface area contributed by atoms with E-state index in [-0.39, 0.29) is 11.7 Å². The van der Waals surface area contributed by atoms with Gasteiger partial charge in [-0.25, -0.2) is 0 Å². The van der Waals surface area contributed by atoms with Gasteiger partial charge in [-0.2, -0.15) is 0 Å². The van der Waals surface area contributed by atoms with Crippen molar-refractivity contribution in [3.8, 4) is 17.2 Å². The van der Waals surface area contributed by atoms with Crippen LogP contribution in [-0.4, -0.2) is 44.0 Å². The first-order valence-corrected chi connectivity index (χ1v) is 9.77. The fourth-order valence-corrected chi connectivity index (χ4v) is 3.45. The normalized spacial score (nSPS) is 12.9. The second-order valence-electron chi connectivity index (χ2n) is 7.07. The van der Waals surface area contributed by atoms with Gasteiger partial charge in [0.1, 0.15) is 5.75 Å². The zero-order valence-corrected chi connectivity index (χ0v) is 17.2. The van der Waals surface area contributed by atoms with E-state index < -0.39 is 0 Å². The SMILES string of the molecule is COc1cc2c(cc1OC)CN(C(=O)CCCOc1ccc(C(C)=O)cc1)CC2. The van der Waals surface area contributed by atoms with Gasteiger partial charge < -0.3 is 19.1 Å². The molecular weight excluding hydrogens is 370 g/mol. The third-order valence-electron chi connectivity index (χ3n) is 5.14. The summed E-state index contributed by atoms with van der Waals surface area (Å²) in [5, 5.41) is 0. The fraction of sp³-hybridized carbons (Fsp3) is 0.391. The van der Waals surface area contributed by atoms with Gasteiger partial charge in [-0.3, -0.25) is 9.59 Å². The molecule has 6 nitrogen and oxygen atoms in total. The van der Waals surface area contributed by atoms with Crippen LogP contribution in [0.2, 0.25) is 0 Å². The molecule has 1 heterocycles. The van der Waals surface area contributed by atoms with Crippen molar-refractivity contribution in [1.29, 1.82) is 0 Å². The summed E-state index contributed by atoms with van der Waals surface area (Å²) >= 11 is 0. The summed E-state index contributed by atoms with van der Waals surface area (Å²) in [5.41, 5.74) is 2.96. The Balaban J connectivity index is 1.48. The van der Waals surface area contributed by atoms with Crippen LogP contribution in [0.25, 0.3) is 0 Å². The second kappa shape index (κ2) is 9.45. The monoisotopic (exact) mass is 397 g/mol. The van der Waals surface area contributed by atoms with Gasteiger partial charge in [0.25, 0.3) is 0 Å². The number of Topliss-reactive ketones (excluding diaryl/α,β-unsaturated/α-hetero) is 1. The smallest absolute Gasteiger partial charge is 0.223 e. The quantitative estimate of drug-likeness (QED) is 0.503. The van der Waals surface area contributed by atoms with E-state index in [1.807, 2.05) is 17.0 Å². The molecule has 2 aromatic rings. The molecule has 0 atom stereocenters. The zero-order valence-electron chi connectivity index (χ0n) is 17.2. The molecule has 29 heavy (non-hydrogen) atoms. The van der Waals surface area contributed by atoms with Crippen LogP contribution >= 0.6 is 0 Å². The zero-order chi connectivity index (χ0) is 20.8. The van der Waals surface area contributed by atoms with Crippen molar-refractivity contribution in [1.82, 2.24) is 4.90 Å². The maximum atomic E-state index is 12.6. The lowest BCUT2D eigenvalue weighted by molar-refractivity contribution is -0.132. The molecule has 0 radical (unpaired) electrons. The minimum Gasteiger partial charge on any atom is -0.494 e. The minimum atomic E-state index is 0.0290. The predicted molar refractivity (Wildman–Crippen MR) is 110 cm³/mol. The molecule has 0 aliphatic carbocycles. The number of rotatable bonds is 8. The van der Waals surface area contributed by atoms with E-state index in [0.29, 0.717) is 49.6 Å². The van der Waals surface area contributed by atoms with Crippen LogP contribution in [0.15, 0.2) is 36.4 Å². The number of amides is 1. The number of methoxy groups -OCH3 is 2. The molecule has 2 aromatic carbocycles. The fourth-order valence-electron chi connectivity index (χ4n) is 3.45. The van der Waals surface area contributed by atoms with E-state index in [1.54, 1.807) is 38.5 Å². The lowest BCUT2D eigenvalue weighted by Gasteiger charge is -2.29. The molecule has 0 saturated heterocycles. The van der Waals surface area contributed by atoms with Crippen LogP contribution in [0.4, 0.5) is 0 Å². The first-order valence-electron chi connectivity index (χ1n) is 9.77. The maximum Gasteiger partial charge on any atom is 0.223 e. The number of benzene rings is 2. The van der Waals surface area contributed by atoms with Crippen molar-refractivity contribution in [2.24, 2.45) is 0 Å². The Morgan fingerprint density at radius 3 is 2.28 bits per heavy atom. The molecule has 0 unspecified atom stereocenters. The van der Waals surface area contributed by atoms with E-state index in [1.165, 1.54) is 12.5 Å². The van der Waals surface area contributed by atoms with Crippen LogP contribution in [0.5, 0.6) is 17.2 Å². The van der Waals surface area contributed by atoms with E-state index >= 15 is 0 Å². The summed E-state index contributed by atoms with van der Waals surface area (Å²) in [6.07, 6.45) is 1.89. The Morgan fingerprint density at radius 1 is 1.00 bits per heavy atom. The topological polar surface area (TPSA) is 65.1 Å². The Labute approximate surface area is 171 Å². The standard InChI is InChI=1S/C23H27NO5/c1-16(25)17-6-8-20(9-7-17)29-12-4-5-23(26)24-11-10-18-13-21(27-2)22(28-3)14-19(18)15-24/h6-9,13-14H,4-5,10-12,15H2,1-3H3. The Hall–Kier alpha value is -3.02. The van der Waals surface area contributed by atoms with Crippen LogP contribution in [0.1, 0.15) is 41.3 Å². The minimum absolute atomic E-state index is 0.0290. The summed E-state index contributed by atoms with van der Waals surface area (Å²) in [5.74, 6) is 2.27. The first kappa shape index (κ1) is 20.7. The largest absolute Gasteiger partial charge is 0.494 e. The van der Waals surface area contributed by atoms with Crippen molar-refractivity contribution in [3.05, 3.63) is 53.1 Å². The molecule has 3 rings (SSSR count). The number of nitrogens with zero attached hydrogens (tertiary/aromatic N) is 1. The van der Waals surface area contributed by atoms with E-state index in [0.717, 1.165) is 17.7 Å². The van der Waals surface area contributed by atoms with Crippen LogP contribution < -0.4 is 14.2 Å². The van der Waals surface area contributed by atoms with Gasteiger partial charge in [0.2, 0.25) is 5.91 Å². The first-order chi connectivity index (χ1) is 14.0. The number of hydrogen-bond donors (Lipinski definition) is 0. The molecule has 1 aliphatic heterocycles. The summed E-state index contributed by atoms with van der Waals surface area (Å²) < 4.78 is 16.4. The van der Waals surface area contributed by atoms with Gasteiger partial charge >= 0.3 is 0 Å². The molecule has 0 spiro atoms. The average molecular weight is 397 g/mol. The maximum absolute atomic E-state index is 12.6. The number of ether oxygens (including phenoxy) is 3. The van der Waals surface area contributed by atoms with Gasteiger partial charge in [0.05, 0.1) is 20.8 Å². The highest BCUT2D eigenvalue weighted by atomic mass is 16.5. The number of carbonyl (C=O) groups excluding carboxylic acids is 2. The number of fused-ring (bicyclic) bond motifs is 1. The third-order valence-corrected chi connectivity index (χ3v) is 5.14. The molecular formula is C23H27NO5. The Kier molecular flexibility index (Phi) is 6.75. The number of ketones is 1. The van der Waals surface area contributed by atoms with Crippen molar-refractivity contribution in [2.45, 2.75) is 32.7 Å². The molecule has 1 amide bonds. The molecule has 154 valence electrons. The highest BCUT2D eigenvalue weighted by molar-refractivity contribution is 5.94.